The minimum atomic E-state index is -1.44. The molecule has 1 heterocycles. The summed E-state index contributed by atoms with van der Waals surface area (Å²) in [4.78, 5) is 22.8. The van der Waals surface area contributed by atoms with Gasteiger partial charge in [0.2, 0.25) is 6.04 Å². The summed E-state index contributed by atoms with van der Waals surface area (Å²) in [7, 11) is 0. The first kappa shape index (κ1) is 13.7. The Morgan fingerprint density at radius 3 is 2.35 bits per heavy atom. The van der Waals surface area contributed by atoms with Crippen molar-refractivity contribution in [2.75, 3.05) is 13.1 Å². The van der Waals surface area contributed by atoms with Crippen molar-refractivity contribution < 1.29 is 19.6 Å². The largest absolute Gasteiger partial charge is 0.444 e. The molecule has 0 aliphatic carbocycles. The number of β-amino-alcohol motifs (C(OH)–C–C–N with tert-alkyl or cyclic N) is 1. The van der Waals surface area contributed by atoms with E-state index in [0.717, 1.165) is 0 Å². The Kier molecular flexibility index (Phi) is 3.33. The van der Waals surface area contributed by atoms with Gasteiger partial charge in [-0.3, -0.25) is 10.1 Å². The highest BCUT2D eigenvalue weighted by Crippen LogP contribution is 2.27. The molecule has 7 nitrogen and oxygen atoms in total. The molecule has 1 aliphatic heterocycles. The zero-order chi connectivity index (χ0) is 13.4. The van der Waals surface area contributed by atoms with Crippen molar-refractivity contribution in [3.63, 3.8) is 0 Å². The molecule has 17 heavy (non-hydrogen) atoms. The third-order valence-corrected chi connectivity index (χ3v) is 2.67. The van der Waals surface area contributed by atoms with Gasteiger partial charge in [-0.05, 0) is 20.8 Å². The van der Waals surface area contributed by atoms with Gasteiger partial charge in [-0.25, -0.2) is 4.79 Å². The van der Waals surface area contributed by atoms with E-state index in [1.54, 1.807) is 20.8 Å². The van der Waals surface area contributed by atoms with Crippen LogP contribution in [0.5, 0.6) is 0 Å². The van der Waals surface area contributed by atoms with Crippen molar-refractivity contribution in [1.29, 1.82) is 0 Å². The Bertz CT molecular complexity index is 330. The number of hydrogen-bond donors (Lipinski definition) is 1. The summed E-state index contributed by atoms with van der Waals surface area (Å²) >= 11 is 0. The van der Waals surface area contributed by atoms with E-state index in [1.807, 2.05) is 0 Å². The highest BCUT2D eigenvalue weighted by Gasteiger charge is 2.54. The predicted octanol–water partition coefficient (Wildman–Crippen LogP) is 0.633. The Balaban J connectivity index is 2.51. The van der Waals surface area contributed by atoms with Crippen molar-refractivity contribution in [3.8, 4) is 0 Å². The summed E-state index contributed by atoms with van der Waals surface area (Å²) in [5, 5.41) is 20.4. The van der Waals surface area contributed by atoms with Crippen molar-refractivity contribution in [2.24, 2.45) is 0 Å². The lowest BCUT2D eigenvalue weighted by atomic mass is 9.88. The molecule has 1 unspecified atom stereocenters. The molecule has 1 amide bonds. The molecule has 0 spiro atoms. The molecule has 1 saturated heterocycles. The van der Waals surface area contributed by atoms with E-state index in [0.29, 0.717) is 0 Å². The predicted molar refractivity (Wildman–Crippen MR) is 59.2 cm³/mol. The number of rotatable bonds is 2. The molecule has 7 heteroatoms. The maximum absolute atomic E-state index is 11.5. The van der Waals surface area contributed by atoms with Crippen LogP contribution in [0.3, 0.4) is 0 Å². The Hall–Kier alpha value is -1.37. The first-order chi connectivity index (χ1) is 7.55. The molecule has 0 aromatic carbocycles. The molecule has 0 saturated carbocycles. The number of ether oxygens (including phenoxy) is 1. The monoisotopic (exact) mass is 246 g/mol. The van der Waals surface area contributed by atoms with Crippen molar-refractivity contribution in [1.82, 2.24) is 4.90 Å². The fourth-order valence-corrected chi connectivity index (χ4v) is 1.53. The van der Waals surface area contributed by atoms with Crippen LogP contribution in [0.2, 0.25) is 0 Å². The summed E-state index contributed by atoms with van der Waals surface area (Å²) < 4.78 is 5.08. The number of nitro groups is 1. The maximum Gasteiger partial charge on any atom is 0.410 e. The average molecular weight is 246 g/mol. The summed E-state index contributed by atoms with van der Waals surface area (Å²) in [6, 6.07) is -1.10. The zero-order valence-electron chi connectivity index (χ0n) is 10.5. The second kappa shape index (κ2) is 4.14. The van der Waals surface area contributed by atoms with Gasteiger partial charge in [0, 0.05) is 11.8 Å². The van der Waals surface area contributed by atoms with Crippen LogP contribution in [-0.2, 0) is 4.74 Å². The smallest absolute Gasteiger partial charge is 0.410 e. The molecule has 1 fully saturated rings. The molecular formula is C10H18N2O5. The molecule has 0 aromatic heterocycles. The molecule has 1 atom stereocenters. The van der Waals surface area contributed by atoms with Crippen molar-refractivity contribution in [2.45, 2.75) is 44.9 Å². The number of carbonyl (C=O) groups excluding carboxylic acids is 1. The van der Waals surface area contributed by atoms with E-state index in [-0.39, 0.29) is 13.1 Å². The molecule has 98 valence electrons. The lowest BCUT2D eigenvalue weighted by molar-refractivity contribution is -0.546. The minimum Gasteiger partial charge on any atom is -0.444 e. The van der Waals surface area contributed by atoms with Crippen molar-refractivity contribution >= 4 is 6.09 Å². The third-order valence-electron chi connectivity index (χ3n) is 2.67. The normalized spacial score (nSPS) is 20.4. The van der Waals surface area contributed by atoms with Crippen LogP contribution in [0.4, 0.5) is 4.79 Å². The van der Waals surface area contributed by atoms with E-state index in [2.05, 4.69) is 0 Å². The van der Waals surface area contributed by atoms with E-state index < -0.39 is 28.3 Å². The molecule has 0 radical (unpaired) electrons. The van der Waals surface area contributed by atoms with Crippen LogP contribution in [0.1, 0.15) is 27.7 Å². The van der Waals surface area contributed by atoms with E-state index in [4.69, 9.17) is 4.74 Å². The number of nitrogens with zero attached hydrogens (tertiary/aromatic N) is 2. The second-order valence-corrected chi connectivity index (χ2v) is 5.40. The van der Waals surface area contributed by atoms with Gasteiger partial charge in [0.25, 0.3) is 0 Å². The zero-order valence-corrected chi connectivity index (χ0v) is 10.5. The average Bonchev–Trinajstić information content (AvgIpc) is 2.08. The van der Waals surface area contributed by atoms with Gasteiger partial charge in [0.05, 0.1) is 13.1 Å². The van der Waals surface area contributed by atoms with Crippen LogP contribution in [-0.4, -0.2) is 51.4 Å². The van der Waals surface area contributed by atoms with Gasteiger partial charge < -0.3 is 14.7 Å². The highest BCUT2D eigenvalue weighted by molar-refractivity contribution is 5.69. The Morgan fingerprint density at radius 2 is 2.00 bits per heavy atom. The van der Waals surface area contributed by atoms with Crippen LogP contribution in [0.15, 0.2) is 0 Å². The van der Waals surface area contributed by atoms with Gasteiger partial charge >= 0.3 is 6.09 Å². The lowest BCUT2D eigenvalue weighted by Gasteiger charge is -2.45. The standard InChI is InChI=1S/C10H18N2O5/c1-7(12(15)16)10(14)5-11(6-10)8(13)17-9(2,3)4/h7,14H,5-6H2,1-4H3. The van der Waals surface area contributed by atoms with Gasteiger partial charge in [0.1, 0.15) is 5.60 Å². The summed E-state index contributed by atoms with van der Waals surface area (Å²) in [6.45, 7) is 6.39. The minimum absolute atomic E-state index is 0.0654. The Morgan fingerprint density at radius 1 is 1.53 bits per heavy atom. The molecule has 1 rings (SSSR count). The molecule has 0 aromatic rings. The number of amides is 1. The molecule has 1 aliphatic rings. The van der Waals surface area contributed by atoms with Gasteiger partial charge in [-0.2, -0.15) is 0 Å². The third kappa shape index (κ3) is 3.06. The van der Waals surface area contributed by atoms with E-state index >= 15 is 0 Å². The highest BCUT2D eigenvalue weighted by atomic mass is 16.6. The van der Waals surface area contributed by atoms with Crippen molar-refractivity contribution in [3.05, 3.63) is 10.1 Å². The number of hydrogen-bond acceptors (Lipinski definition) is 5. The van der Waals surface area contributed by atoms with E-state index in [9.17, 15) is 20.0 Å². The number of carbonyl (C=O) groups is 1. The van der Waals surface area contributed by atoms with Gasteiger partial charge in [-0.1, -0.05) is 0 Å². The fraction of sp³-hybridized carbons (Fsp3) is 0.900. The SMILES string of the molecule is CC([N+](=O)[O-])C1(O)CN(C(=O)OC(C)(C)C)C1. The fourth-order valence-electron chi connectivity index (χ4n) is 1.53. The van der Waals surface area contributed by atoms with Crippen LogP contribution < -0.4 is 0 Å². The van der Waals surface area contributed by atoms with Crippen LogP contribution >= 0.6 is 0 Å². The van der Waals surface area contributed by atoms with Crippen LogP contribution in [0, 0.1) is 10.1 Å². The number of likely N-dealkylation sites (tertiary alicyclic amines) is 1. The van der Waals surface area contributed by atoms with Gasteiger partial charge in [0.15, 0.2) is 5.60 Å². The van der Waals surface area contributed by atoms with Gasteiger partial charge in [-0.15, -0.1) is 0 Å². The molecule has 0 bridgehead atoms. The molecular weight excluding hydrogens is 228 g/mol. The molecule has 1 N–H and O–H groups in total. The van der Waals surface area contributed by atoms with Crippen LogP contribution in [0.25, 0.3) is 0 Å². The summed E-state index contributed by atoms with van der Waals surface area (Å²) in [6.07, 6.45) is -0.558. The summed E-state index contributed by atoms with van der Waals surface area (Å²) in [5.74, 6) is 0. The maximum atomic E-state index is 11.5. The quantitative estimate of drug-likeness (QED) is 0.570. The lowest BCUT2D eigenvalue weighted by Crippen LogP contribution is -2.69. The number of aliphatic hydroxyl groups is 1. The second-order valence-electron chi connectivity index (χ2n) is 5.40. The Labute approximate surface area is 99.5 Å². The first-order valence-electron chi connectivity index (χ1n) is 5.39. The van der Waals surface area contributed by atoms with E-state index in [1.165, 1.54) is 11.8 Å². The topological polar surface area (TPSA) is 92.9 Å². The summed E-state index contributed by atoms with van der Waals surface area (Å²) in [5.41, 5.74) is -2.06. The first-order valence-corrected chi connectivity index (χ1v) is 5.39.